The Morgan fingerprint density at radius 3 is 1.97 bits per heavy atom. The number of phenolic OH excluding ortho intramolecular Hbond substituents is 2. The first kappa shape index (κ1) is 77.6. The number of aliphatic hydroxyl groups excluding tert-OH is 5. The number of amides is 9. The van der Waals surface area contributed by atoms with E-state index in [1.54, 1.807) is 13.8 Å². The fourth-order valence-corrected chi connectivity index (χ4v) is 13.3. The first-order valence-electron chi connectivity index (χ1n) is 32.8. The number of hydrogen-bond donors (Lipinski definition) is 17. The molecule has 544 valence electrons. The molecule has 2 aromatic carbocycles. The number of nitrogens with zero attached hydrogens (tertiary/aromatic N) is 1. The third-order valence-electron chi connectivity index (χ3n) is 18.5. The van der Waals surface area contributed by atoms with Crippen molar-refractivity contribution in [2.24, 2.45) is 17.6 Å². The number of fused-ring (bicyclic) bond motifs is 3. The van der Waals surface area contributed by atoms with E-state index in [2.05, 4.69) is 37.2 Å². The van der Waals surface area contributed by atoms with Gasteiger partial charge in [-0.25, -0.2) is 0 Å². The van der Waals surface area contributed by atoms with Crippen LogP contribution in [0.25, 0.3) is 0 Å². The van der Waals surface area contributed by atoms with Gasteiger partial charge in [-0.2, -0.15) is 0 Å². The summed E-state index contributed by atoms with van der Waals surface area (Å²) < 4.78 is 17.7. The molecule has 2 heterocycles. The maximum absolute atomic E-state index is 14.4. The summed E-state index contributed by atoms with van der Waals surface area (Å²) in [6.45, 7) is 2.46. The second-order valence-corrected chi connectivity index (χ2v) is 26.2. The molecule has 99 heavy (non-hydrogen) atoms. The van der Waals surface area contributed by atoms with Crippen molar-refractivity contribution in [2.75, 3.05) is 33.5 Å². The molecule has 18 N–H and O–H groups in total. The van der Waals surface area contributed by atoms with E-state index in [-0.39, 0.29) is 72.6 Å². The summed E-state index contributed by atoms with van der Waals surface area (Å²) in [7, 11) is 1.25. The summed E-state index contributed by atoms with van der Waals surface area (Å²) in [5.41, 5.74) is 0.557. The monoisotopic (exact) mass is 1400 g/mol. The number of hydrogen-bond acceptors (Lipinski definition) is 24. The third-order valence-corrected chi connectivity index (χ3v) is 18.5. The van der Waals surface area contributed by atoms with Gasteiger partial charge in [0.15, 0.2) is 17.9 Å². The Morgan fingerprint density at radius 1 is 0.737 bits per heavy atom. The second-order valence-electron chi connectivity index (χ2n) is 26.2. The van der Waals surface area contributed by atoms with E-state index in [0.717, 1.165) is 11.3 Å². The van der Waals surface area contributed by atoms with Crippen LogP contribution in [-0.2, 0) is 68.6 Å². The first-order valence-corrected chi connectivity index (χ1v) is 32.8. The molecular weight excluding hydrogens is 1310 g/mol. The Labute approximate surface area is 567 Å². The van der Waals surface area contributed by atoms with Crippen LogP contribution in [0, 0.1) is 11.8 Å². The maximum atomic E-state index is 14.4. The number of aliphatic carboxylic acids is 1. The zero-order valence-electron chi connectivity index (χ0n) is 55.4. The van der Waals surface area contributed by atoms with Crippen molar-refractivity contribution in [1.82, 2.24) is 42.1 Å². The predicted molar refractivity (Wildman–Crippen MR) is 339 cm³/mol. The number of primary amides is 1. The fourth-order valence-electron chi connectivity index (χ4n) is 13.3. The summed E-state index contributed by atoms with van der Waals surface area (Å²) in [4.78, 5) is 176. The lowest BCUT2D eigenvalue weighted by atomic mass is 9.72. The minimum Gasteiger partial charge on any atom is -0.507 e. The van der Waals surface area contributed by atoms with Gasteiger partial charge >= 0.3 is 5.97 Å². The number of benzene rings is 2. The normalized spacial score (nSPS) is 23.8. The van der Waals surface area contributed by atoms with Gasteiger partial charge in [0.25, 0.3) is 0 Å². The van der Waals surface area contributed by atoms with E-state index in [0.29, 0.717) is 25.7 Å². The molecule has 0 aromatic heterocycles. The van der Waals surface area contributed by atoms with Crippen LogP contribution in [0.1, 0.15) is 167 Å². The number of likely N-dealkylation sites (tertiary alicyclic amines) is 1. The van der Waals surface area contributed by atoms with Gasteiger partial charge in [-0.05, 0) is 63.9 Å². The number of carboxylic acid groups (broad SMARTS) is 1. The topological polar surface area (TPSA) is 545 Å². The molecule has 2 aliphatic heterocycles. The lowest BCUT2D eigenvalue weighted by Gasteiger charge is -2.43. The van der Waals surface area contributed by atoms with E-state index < -0.39 is 242 Å². The van der Waals surface area contributed by atoms with Crippen LogP contribution in [0.5, 0.6) is 17.2 Å². The molecule has 7 rings (SSSR count). The number of aromatic hydroxyl groups is 2. The van der Waals surface area contributed by atoms with E-state index in [1.807, 2.05) is 0 Å². The summed E-state index contributed by atoms with van der Waals surface area (Å²) in [5.74, 6) is -15.4. The zero-order valence-corrected chi connectivity index (χ0v) is 55.4. The van der Waals surface area contributed by atoms with Gasteiger partial charge < -0.3 is 108 Å². The maximum Gasteiger partial charge on any atom is 0.303 e. The van der Waals surface area contributed by atoms with Gasteiger partial charge in [0.2, 0.25) is 58.9 Å². The highest BCUT2D eigenvalue weighted by Crippen LogP contribution is 2.53. The molecule has 1 saturated carbocycles. The van der Waals surface area contributed by atoms with Gasteiger partial charge in [0, 0.05) is 68.2 Å². The molecule has 14 atom stereocenters. The first-order chi connectivity index (χ1) is 46.8. The Hall–Kier alpha value is -8.77. The zero-order chi connectivity index (χ0) is 73.1. The number of carbonyl (C=O) groups is 13. The van der Waals surface area contributed by atoms with E-state index >= 15 is 0 Å². The van der Waals surface area contributed by atoms with Gasteiger partial charge in [0.05, 0.1) is 61.4 Å². The molecule has 34 heteroatoms. The largest absolute Gasteiger partial charge is 0.507 e. The molecule has 0 spiro atoms. The quantitative estimate of drug-likeness (QED) is 0.0275. The van der Waals surface area contributed by atoms with Crippen LogP contribution < -0.4 is 47.7 Å². The minimum absolute atomic E-state index is 0.0279. The molecule has 4 unspecified atom stereocenters. The number of carbonyl (C=O) groups excluding carboxylic acids is 12. The smallest absolute Gasteiger partial charge is 0.303 e. The van der Waals surface area contributed by atoms with Crippen molar-refractivity contribution in [3.63, 3.8) is 0 Å². The highest BCUT2D eigenvalue weighted by molar-refractivity contribution is 6.31. The molecule has 0 bridgehead atoms. The van der Waals surface area contributed by atoms with Crippen LogP contribution >= 0.6 is 0 Å². The van der Waals surface area contributed by atoms with E-state index in [1.165, 1.54) is 39.2 Å². The highest BCUT2D eigenvalue weighted by Gasteiger charge is 2.51. The van der Waals surface area contributed by atoms with Crippen LogP contribution in [0.2, 0.25) is 0 Å². The molecule has 2 aromatic rings. The van der Waals surface area contributed by atoms with Gasteiger partial charge in [-0.15, -0.1) is 0 Å². The van der Waals surface area contributed by atoms with Crippen molar-refractivity contribution in [3.8, 4) is 17.2 Å². The third kappa shape index (κ3) is 18.4. The number of methoxy groups -OCH3 is 1. The van der Waals surface area contributed by atoms with Crippen molar-refractivity contribution >= 4 is 76.5 Å². The molecule has 34 nitrogen and oxygen atoms in total. The molecule has 2 saturated heterocycles. The molecule has 0 radical (unpaired) electrons. The van der Waals surface area contributed by atoms with Crippen LogP contribution in [0.15, 0.2) is 18.2 Å². The number of aliphatic hydroxyl groups is 6. The number of Topliss-reactive ketones (excluding diaryl/α,β-unsaturated/α-hetero) is 1. The average Bonchev–Trinajstić information content (AvgIpc) is 1.09. The van der Waals surface area contributed by atoms with Crippen LogP contribution in [-0.4, -0.2) is 239 Å². The molecule has 5 aliphatic rings. The lowest BCUT2D eigenvalue weighted by molar-refractivity contribution is -0.249. The average molecular weight is 1400 g/mol. The standard InChI is InChI=1S/C65H89N9O25/c1-28(2)19-37(60(91)69-36-21-47(98-30(4)53(36)84)99-42-23-65(96,43(79)27-77)22-34-49(42)57(88)51-50(55(34)86)54(85)33-13-9-14-41(97-5)48(33)56(51)87)70-61(92)38(25-75)72-59(90)35(17-18-44(66)80)68-64(95)52(31-11-7-6-8-12-31)73-62(93)39(26-76)71-58(89)29(3)67-63(94)40-20-32(78)24-74(40)45(81)15-10-16-46(82)83/h9,13-14,28-32,35-40,42,47,52-53,75-78,84,86,88,96H,6-8,10-12,15-27H2,1-5H3,(H2,66,80)(H,67,94)(H,68,95)(H,69,91)(H,70,92)(H,71,89)(H,72,90)(H,73,93)(H,82,83)/t29-,30?,32+,35-,36?,37-,38-,39-,40-,42-,47?,52-,53?,65-/m0/s1. The number of nitrogens with two attached hydrogens (primary N) is 1. The Morgan fingerprint density at radius 2 is 1.35 bits per heavy atom. The Bertz CT molecular complexity index is 3430. The number of phenols is 2. The Balaban J connectivity index is 1.03. The molecule has 3 aliphatic carbocycles. The highest BCUT2D eigenvalue weighted by atomic mass is 16.7. The predicted octanol–water partition coefficient (Wildman–Crippen LogP) is -3.82. The number of rotatable bonds is 31. The summed E-state index contributed by atoms with van der Waals surface area (Å²) in [6, 6.07) is -8.06. The van der Waals surface area contributed by atoms with Crippen molar-refractivity contribution < 1.29 is 122 Å². The van der Waals surface area contributed by atoms with Gasteiger partial charge in [0.1, 0.15) is 77.9 Å². The number of β-amino-alcohol motifs (C(OH)–C–C–N with tert-alkyl or cyclic N) is 1. The SMILES string of the molecule is COc1cccc2c1C(=O)c1c(O)c3c(c(O)c1C2=O)C[C@@](O)(C(=O)CO)C[C@@H]3OC1CC(NC(=O)[C@H](CC(C)C)NC(=O)[C@H](CO)NC(=O)[C@H](CCC(N)=O)NC(=O)[C@@H](NC(=O)[C@H](CO)NC(=O)[C@H](C)NC(=O)[C@@H]2C[C@@H](O)CN2C(=O)CCCC(=O)O)C2CCCCC2)C(O)C(C)O1. The molecule has 9 amide bonds. The summed E-state index contributed by atoms with van der Waals surface area (Å²) in [5, 5.41) is 115. The van der Waals surface area contributed by atoms with Crippen molar-refractivity contribution in [1.29, 1.82) is 0 Å². The van der Waals surface area contributed by atoms with E-state index in [4.69, 9.17) is 25.1 Å². The summed E-state index contributed by atoms with van der Waals surface area (Å²) in [6.07, 6.45) is -8.07. The van der Waals surface area contributed by atoms with Gasteiger partial charge in [-0.3, -0.25) is 62.3 Å². The van der Waals surface area contributed by atoms with E-state index in [9.17, 15) is 103 Å². The number of ether oxygens (including phenoxy) is 3. The summed E-state index contributed by atoms with van der Waals surface area (Å²) >= 11 is 0. The minimum atomic E-state index is -2.51. The fraction of sp³-hybridized carbons (Fsp3) is 0.615. The lowest BCUT2D eigenvalue weighted by Crippen LogP contribution is -2.62. The van der Waals surface area contributed by atoms with Crippen LogP contribution in [0.4, 0.5) is 0 Å². The molecular formula is C65H89N9O25. The number of carboxylic acids is 1. The van der Waals surface area contributed by atoms with Crippen LogP contribution in [0.3, 0.4) is 0 Å². The van der Waals surface area contributed by atoms with Crippen molar-refractivity contribution in [2.45, 2.75) is 209 Å². The Kier molecular flexibility index (Phi) is 26.5. The number of ketones is 3. The number of nitrogens with one attached hydrogen (secondary N) is 7. The van der Waals surface area contributed by atoms with Crippen molar-refractivity contribution in [3.05, 3.63) is 51.6 Å². The molecule has 3 fully saturated rings. The van der Waals surface area contributed by atoms with Gasteiger partial charge in [-0.1, -0.05) is 45.2 Å². The second kappa shape index (κ2) is 33.9.